The highest BCUT2D eigenvalue weighted by Crippen LogP contribution is 2.31. The molecular formula is C16H18N2O5. The molecule has 0 bridgehead atoms. The normalized spacial score (nSPS) is 10.2. The quantitative estimate of drug-likeness (QED) is 0.436. The van der Waals surface area contributed by atoms with E-state index in [1.165, 1.54) is 18.5 Å². The molecule has 7 nitrogen and oxygen atoms in total. The van der Waals surface area contributed by atoms with E-state index in [4.69, 9.17) is 14.2 Å². The molecule has 1 aromatic carbocycles. The lowest BCUT2D eigenvalue weighted by Crippen LogP contribution is -2.33. The van der Waals surface area contributed by atoms with Crippen molar-refractivity contribution in [2.75, 3.05) is 14.2 Å². The molecule has 0 radical (unpaired) electrons. The Kier molecular flexibility index (Phi) is 5.74. The molecule has 0 unspecified atom stereocenters. The van der Waals surface area contributed by atoms with Gasteiger partial charge in [0.15, 0.2) is 18.1 Å². The molecule has 7 heteroatoms. The number of carbonyl (C=O) groups excluding carboxylic acids is 1. The van der Waals surface area contributed by atoms with Gasteiger partial charge in [0, 0.05) is 12.5 Å². The van der Waals surface area contributed by atoms with E-state index >= 15 is 0 Å². The van der Waals surface area contributed by atoms with Crippen molar-refractivity contribution in [1.29, 1.82) is 0 Å². The number of aryl methyl sites for hydroxylation is 1. The second-order valence-corrected chi connectivity index (χ2v) is 4.68. The number of hydrogen-bond acceptors (Lipinski definition) is 6. The smallest absolute Gasteiger partial charge is 0.339 e. The van der Waals surface area contributed by atoms with Crippen LogP contribution in [-0.4, -0.2) is 25.2 Å². The fourth-order valence-corrected chi connectivity index (χ4v) is 2.09. The summed E-state index contributed by atoms with van der Waals surface area (Å²) in [7, 11) is 3.11. The molecule has 122 valence electrons. The predicted molar refractivity (Wildman–Crippen MR) is 80.9 cm³/mol. The molecule has 0 atom stereocenters. The number of ether oxygens (including phenoxy) is 3. The van der Waals surface area contributed by atoms with Gasteiger partial charge in [0.2, 0.25) is 0 Å². The molecule has 0 spiro atoms. The molecule has 0 N–H and O–H groups in total. The van der Waals surface area contributed by atoms with Crippen LogP contribution in [-0.2, 0) is 22.6 Å². The summed E-state index contributed by atoms with van der Waals surface area (Å²) >= 11 is 0. The minimum absolute atomic E-state index is 0.139. The van der Waals surface area contributed by atoms with Crippen LogP contribution in [0.4, 0.5) is 0 Å². The molecule has 0 aliphatic heterocycles. The van der Waals surface area contributed by atoms with Gasteiger partial charge in [0.05, 0.1) is 20.4 Å². The first kappa shape index (κ1) is 16.5. The fraction of sp³-hybridized carbons (Fsp3) is 0.312. The highest BCUT2D eigenvalue weighted by Gasteiger charge is 2.14. The highest BCUT2D eigenvalue weighted by atomic mass is 16.5. The van der Waals surface area contributed by atoms with Gasteiger partial charge in [-0.3, -0.25) is 4.79 Å². The van der Waals surface area contributed by atoms with E-state index in [0.717, 1.165) is 5.56 Å². The number of aromatic nitrogens is 2. The Balaban J connectivity index is 1.91. The maximum absolute atomic E-state index is 11.8. The first-order valence-corrected chi connectivity index (χ1v) is 7.04. The van der Waals surface area contributed by atoms with Crippen LogP contribution in [0.3, 0.4) is 0 Å². The zero-order chi connectivity index (χ0) is 16.7. The van der Waals surface area contributed by atoms with Gasteiger partial charge in [-0.1, -0.05) is 12.1 Å². The average molecular weight is 318 g/mol. The number of carbonyl (C=O) groups is 1. The van der Waals surface area contributed by atoms with Crippen LogP contribution in [0.25, 0.3) is 0 Å². The monoisotopic (exact) mass is 318 g/mol. The van der Waals surface area contributed by atoms with Crippen molar-refractivity contribution in [2.45, 2.75) is 19.4 Å². The maximum Gasteiger partial charge on any atom is 0.339 e. The van der Waals surface area contributed by atoms with Crippen molar-refractivity contribution in [2.24, 2.45) is 0 Å². The van der Waals surface area contributed by atoms with Crippen molar-refractivity contribution >= 4 is 5.97 Å². The van der Waals surface area contributed by atoms with Gasteiger partial charge in [-0.15, -0.1) is 0 Å². The van der Waals surface area contributed by atoms with Crippen LogP contribution >= 0.6 is 0 Å². The van der Waals surface area contributed by atoms with Crippen LogP contribution in [0.2, 0.25) is 0 Å². The van der Waals surface area contributed by atoms with Crippen molar-refractivity contribution in [1.82, 2.24) is 4.98 Å². The first-order chi connectivity index (χ1) is 11.2. The second kappa shape index (κ2) is 7.98. The number of benzene rings is 1. The summed E-state index contributed by atoms with van der Waals surface area (Å²) in [6.45, 7) is -0.154. The molecule has 2 rings (SSSR count). The molecular weight excluding hydrogens is 300 g/mol. The van der Waals surface area contributed by atoms with E-state index in [2.05, 4.69) is 4.98 Å². The molecule has 0 fully saturated rings. The Morgan fingerprint density at radius 2 is 2.09 bits per heavy atom. The third-order valence-electron chi connectivity index (χ3n) is 3.23. The summed E-state index contributed by atoms with van der Waals surface area (Å²) in [6, 6.07) is 6.98. The summed E-state index contributed by atoms with van der Waals surface area (Å²) < 4.78 is 16.2. The van der Waals surface area contributed by atoms with Crippen molar-refractivity contribution in [3.05, 3.63) is 53.3 Å². The number of methoxy groups -OCH3 is 2. The second-order valence-electron chi connectivity index (χ2n) is 4.68. The molecule has 0 amide bonds. The van der Waals surface area contributed by atoms with Crippen molar-refractivity contribution < 1.29 is 23.7 Å². The summed E-state index contributed by atoms with van der Waals surface area (Å²) in [5.41, 5.74) is 0.848. The lowest BCUT2D eigenvalue weighted by molar-refractivity contribution is -0.620. The van der Waals surface area contributed by atoms with Gasteiger partial charge < -0.3 is 19.4 Å². The van der Waals surface area contributed by atoms with E-state index in [1.807, 2.05) is 12.1 Å². The zero-order valence-corrected chi connectivity index (χ0v) is 13.0. The zero-order valence-electron chi connectivity index (χ0n) is 13.0. The van der Waals surface area contributed by atoms with E-state index in [0.29, 0.717) is 22.7 Å². The fourth-order valence-electron chi connectivity index (χ4n) is 2.09. The lowest BCUT2D eigenvalue weighted by Gasteiger charge is -2.12. The summed E-state index contributed by atoms with van der Waals surface area (Å²) in [4.78, 5) is 15.7. The summed E-state index contributed by atoms with van der Waals surface area (Å²) in [5.74, 6) is 0.935. The molecule has 2 aromatic rings. The number of para-hydroxylation sites is 1. The molecule has 1 heterocycles. The van der Waals surface area contributed by atoms with E-state index in [9.17, 15) is 10.0 Å². The largest absolute Gasteiger partial charge is 0.711 e. The van der Waals surface area contributed by atoms with Crippen molar-refractivity contribution in [3.8, 4) is 11.5 Å². The summed E-state index contributed by atoms with van der Waals surface area (Å²) in [6.07, 6.45) is 3.38. The van der Waals surface area contributed by atoms with E-state index < -0.39 is 5.97 Å². The van der Waals surface area contributed by atoms with Crippen LogP contribution in [0.1, 0.15) is 17.8 Å². The maximum atomic E-state index is 11.8. The SMILES string of the molecule is COc1cccc(CCC(=O)OCc2nccc[n+]2[O-])c1OC. The van der Waals surface area contributed by atoms with Gasteiger partial charge in [-0.05, 0) is 23.0 Å². The Bertz CT molecular complexity index is 675. The van der Waals surface area contributed by atoms with E-state index in [-0.39, 0.29) is 18.9 Å². The Hall–Kier alpha value is -2.83. The lowest BCUT2D eigenvalue weighted by atomic mass is 10.1. The predicted octanol–water partition coefficient (Wildman–Crippen LogP) is 1.41. The topological polar surface area (TPSA) is 84.6 Å². The Labute approximate surface area is 134 Å². The van der Waals surface area contributed by atoms with Gasteiger partial charge in [0.25, 0.3) is 0 Å². The molecule has 0 aliphatic rings. The number of esters is 1. The van der Waals surface area contributed by atoms with Crippen LogP contribution < -0.4 is 14.2 Å². The average Bonchev–Trinajstić information content (AvgIpc) is 2.58. The van der Waals surface area contributed by atoms with Gasteiger partial charge in [-0.25, -0.2) is 4.73 Å². The highest BCUT2D eigenvalue weighted by molar-refractivity contribution is 5.70. The van der Waals surface area contributed by atoms with Gasteiger partial charge in [0.1, 0.15) is 6.20 Å². The molecule has 0 saturated carbocycles. The number of rotatable bonds is 7. The van der Waals surface area contributed by atoms with Crippen LogP contribution in [0, 0.1) is 5.21 Å². The van der Waals surface area contributed by atoms with Gasteiger partial charge >= 0.3 is 11.8 Å². The van der Waals surface area contributed by atoms with Crippen molar-refractivity contribution in [3.63, 3.8) is 0 Å². The summed E-state index contributed by atoms with van der Waals surface area (Å²) in [5, 5.41) is 11.4. The minimum atomic E-state index is -0.416. The van der Waals surface area contributed by atoms with Crippen LogP contribution in [0.5, 0.6) is 11.5 Å². The molecule has 1 aromatic heterocycles. The number of nitrogens with zero attached hydrogens (tertiary/aromatic N) is 2. The molecule has 23 heavy (non-hydrogen) atoms. The van der Waals surface area contributed by atoms with Crippen LogP contribution in [0.15, 0.2) is 36.7 Å². The first-order valence-electron chi connectivity index (χ1n) is 7.04. The molecule has 0 saturated heterocycles. The van der Waals surface area contributed by atoms with E-state index in [1.54, 1.807) is 20.3 Å². The third-order valence-corrected chi connectivity index (χ3v) is 3.23. The minimum Gasteiger partial charge on any atom is -0.711 e. The Morgan fingerprint density at radius 3 is 2.78 bits per heavy atom. The van der Waals surface area contributed by atoms with Gasteiger partial charge in [-0.2, -0.15) is 0 Å². The molecule has 0 aliphatic carbocycles. The number of hydrogen-bond donors (Lipinski definition) is 0. The Morgan fingerprint density at radius 1 is 1.26 bits per heavy atom. The third kappa shape index (κ3) is 4.32. The standard InChI is InChI=1S/C16H18N2O5/c1-21-13-6-3-5-12(16(13)22-2)7-8-15(19)23-11-14-17-9-4-10-18(14)20/h3-6,9-10H,7-8,11H2,1-2H3.